The van der Waals surface area contributed by atoms with Crippen LogP contribution in [0.15, 0.2) is 12.1 Å². The predicted molar refractivity (Wildman–Crippen MR) is 109 cm³/mol. The average Bonchev–Trinajstić information content (AvgIpc) is 2.52. The van der Waals surface area contributed by atoms with E-state index in [9.17, 15) is 5.11 Å². The third-order valence-corrected chi connectivity index (χ3v) is 8.31. The highest BCUT2D eigenvalue weighted by molar-refractivity contribution is 9.08. The van der Waals surface area contributed by atoms with E-state index >= 15 is 0 Å². The van der Waals surface area contributed by atoms with Crippen LogP contribution in [0.4, 0.5) is 0 Å². The predicted octanol–water partition coefficient (Wildman–Crippen LogP) is 6.83. The van der Waals surface area contributed by atoms with Crippen LogP contribution in [0.3, 0.4) is 0 Å². The van der Waals surface area contributed by atoms with E-state index in [-0.39, 0.29) is 10.8 Å². The van der Waals surface area contributed by atoms with E-state index in [0.717, 1.165) is 22.7 Å². The quantitative estimate of drug-likeness (QED) is 0.546. The number of phenols is 1. The molecule has 4 aliphatic carbocycles. The van der Waals surface area contributed by atoms with Gasteiger partial charge in [-0.1, -0.05) is 62.2 Å². The minimum absolute atomic E-state index is 0.115. The molecule has 4 bridgehead atoms. The summed E-state index contributed by atoms with van der Waals surface area (Å²) in [6, 6.07) is 4.58. The zero-order valence-electron chi connectivity index (χ0n) is 16.3. The zero-order chi connectivity index (χ0) is 18.0. The van der Waals surface area contributed by atoms with Crippen LogP contribution in [0.5, 0.6) is 5.75 Å². The van der Waals surface area contributed by atoms with Crippen molar-refractivity contribution >= 4 is 15.9 Å². The first-order valence-corrected chi connectivity index (χ1v) is 11.3. The number of benzene rings is 1. The summed E-state index contributed by atoms with van der Waals surface area (Å²) in [4.78, 5) is 0. The second kappa shape index (κ2) is 5.75. The van der Waals surface area contributed by atoms with Gasteiger partial charge in [0.1, 0.15) is 5.75 Å². The number of rotatable bonds is 3. The summed E-state index contributed by atoms with van der Waals surface area (Å²) in [7, 11) is 0. The first-order valence-electron chi connectivity index (χ1n) is 10.1. The Labute approximate surface area is 161 Å². The van der Waals surface area contributed by atoms with Crippen LogP contribution in [-0.2, 0) is 16.2 Å². The molecule has 25 heavy (non-hydrogen) atoms. The Morgan fingerprint density at radius 2 is 1.76 bits per heavy atom. The summed E-state index contributed by atoms with van der Waals surface area (Å²) in [6.45, 7) is 9.26. The Kier molecular flexibility index (Phi) is 4.11. The molecule has 0 heterocycles. The van der Waals surface area contributed by atoms with Gasteiger partial charge in [-0.3, -0.25) is 0 Å². The fourth-order valence-corrected chi connectivity index (χ4v) is 7.24. The second-order valence-electron chi connectivity index (χ2n) is 10.5. The molecule has 0 amide bonds. The third-order valence-electron chi connectivity index (χ3n) is 7.70. The summed E-state index contributed by atoms with van der Waals surface area (Å²) >= 11 is 3.62. The summed E-state index contributed by atoms with van der Waals surface area (Å²) in [5, 5.41) is 11.9. The number of hydrogen-bond acceptors (Lipinski definition) is 1. The van der Waals surface area contributed by atoms with Gasteiger partial charge in [0.25, 0.3) is 0 Å². The fraction of sp³-hybridized carbons (Fsp3) is 0.739. The van der Waals surface area contributed by atoms with Crippen molar-refractivity contribution in [2.24, 2.45) is 17.3 Å². The Bertz CT molecular complexity index is 670. The maximum Gasteiger partial charge on any atom is 0.123 e. The van der Waals surface area contributed by atoms with Crippen LogP contribution in [0, 0.1) is 17.3 Å². The lowest BCUT2D eigenvalue weighted by atomic mass is 9.42. The van der Waals surface area contributed by atoms with Crippen molar-refractivity contribution < 1.29 is 5.11 Å². The molecule has 4 aliphatic rings. The molecule has 0 radical (unpaired) electrons. The lowest BCUT2D eigenvalue weighted by Gasteiger charge is -2.62. The molecule has 2 unspecified atom stereocenters. The second-order valence-corrected chi connectivity index (χ2v) is 11.1. The SMILES string of the molecule is CCC12CC3CC(C1)CC(c1cc(C(C)(C)C)cc(CBr)c1O)(C3)C2. The van der Waals surface area contributed by atoms with Crippen molar-refractivity contribution in [1.82, 2.24) is 0 Å². The standard InChI is InChI=1S/C23H33BrO/c1-5-22-9-15-6-16(10-22)12-23(11-15,14-22)19-8-18(21(2,3)4)7-17(13-24)20(19)25/h7-8,15-16,25H,5-6,9-14H2,1-4H3. The van der Waals surface area contributed by atoms with Crippen molar-refractivity contribution in [3.05, 3.63) is 28.8 Å². The van der Waals surface area contributed by atoms with Crippen LogP contribution in [0.25, 0.3) is 0 Å². The van der Waals surface area contributed by atoms with E-state index in [1.807, 2.05) is 0 Å². The van der Waals surface area contributed by atoms with Gasteiger partial charge in [0.15, 0.2) is 0 Å². The monoisotopic (exact) mass is 404 g/mol. The van der Waals surface area contributed by atoms with Gasteiger partial charge in [-0.25, -0.2) is 0 Å². The minimum Gasteiger partial charge on any atom is -0.507 e. The van der Waals surface area contributed by atoms with Crippen LogP contribution in [0.1, 0.15) is 89.3 Å². The number of alkyl halides is 1. The topological polar surface area (TPSA) is 20.2 Å². The molecule has 0 saturated heterocycles. The normalized spacial score (nSPS) is 36.8. The highest BCUT2D eigenvalue weighted by Gasteiger charge is 2.58. The number of phenolic OH excluding ortho intramolecular Hbond substituents is 1. The van der Waals surface area contributed by atoms with Gasteiger partial charge in [-0.15, -0.1) is 0 Å². The molecule has 1 aromatic rings. The minimum atomic E-state index is 0.115. The molecule has 0 aromatic heterocycles. The maximum atomic E-state index is 11.2. The summed E-state index contributed by atoms with van der Waals surface area (Å²) < 4.78 is 0. The number of aromatic hydroxyl groups is 1. The molecule has 2 heteroatoms. The van der Waals surface area contributed by atoms with E-state index in [1.165, 1.54) is 56.1 Å². The van der Waals surface area contributed by atoms with Crippen LogP contribution < -0.4 is 0 Å². The van der Waals surface area contributed by atoms with Crippen LogP contribution in [-0.4, -0.2) is 5.11 Å². The molecule has 4 fully saturated rings. The van der Waals surface area contributed by atoms with Crippen LogP contribution >= 0.6 is 15.9 Å². The summed E-state index contributed by atoms with van der Waals surface area (Å²) in [6.07, 6.45) is 9.52. The van der Waals surface area contributed by atoms with E-state index in [2.05, 4.69) is 55.8 Å². The van der Waals surface area contributed by atoms with Crippen molar-refractivity contribution in [3.63, 3.8) is 0 Å². The van der Waals surface area contributed by atoms with Gasteiger partial charge < -0.3 is 5.11 Å². The van der Waals surface area contributed by atoms with Gasteiger partial charge in [0.2, 0.25) is 0 Å². The Morgan fingerprint density at radius 3 is 2.28 bits per heavy atom. The molecule has 138 valence electrons. The van der Waals surface area contributed by atoms with Gasteiger partial charge in [0, 0.05) is 21.9 Å². The van der Waals surface area contributed by atoms with Crippen LogP contribution in [0.2, 0.25) is 0 Å². The molecular weight excluding hydrogens is 372 g/mol. The first kappa shape index (κ1) is 17.9. The third kappa shape index (κ3) is 2.78. The lowest BCUT2D eigenvalue weighted by Crippen LogP contribution is -2.53. The van der Waals surface area contributed by atoms with E-state index in [4.69, 9.17) is 0 Å². The molecule has 1 N–H and O–H groups in total. The van der Waals surface area contributed by atoms with Gasteiger partial charge in [0.05, 0.1) is 0 Å². The Balaban J connectivity index is 1.86. The van der Waals surface area contributed by atoms with E-state index in [1.54, 1.807) is 0 Å². The smallest absolute Gasteiger partial charge is 0.123 e. The maximum absolute atomic E-state index is 11.2. The van der Waals surface area contributed by atoms with E-state index in [0.29, 0.717) is 11.2 Å². The van der Waals surface area contributed by atoms with Gasteiger partial charge in [-0.2, -0.15) is 0 Å². The summed E-state index contributed by atoms with van der Waals surface area (Å²) in [5.41, 5.74) is 4.61. The van der Waals surface area contributed by atoms with Crippen molar-refractivity contribution in [3.8, 4) is 5.75 Å². The largest absolute Gasteiger partial charge is 0.507 e. The van der Waals surface area contributed by atoms with Crippen molar-refractivity contribution in [2.75, 3.05) is 0 Å². The van der Waals surface area contributed by atoms with Crippen molar-refractivity contribution in [2.45, 2.75) is 88.8 Å². The Hall–Kier alpha value is -0.500. The molecule has 4 saturated carbocycles. The molecule has 0 spiro atoms. The lowest BCUT2D eigenvalue weighted by molar-refractivity contribution is -0.0744. The highest BCUT2D eigenvalue weighted by atomic mass is 79.9. The number of hydrogen-bond donors (Lipinski definition) is 1. The highest BCUT2D eigenvalue weighted by Crippen LogP contribution is 2.67. The molecule has 5 rings (SSSR count). The molecule has 1 nitrogen and oxygen atoms in total. The van der Waals surface area contributed by atoms with E-state index < -0.39 is 0 Å². The first-order chi connectivity index (χ1) is 11.7. The molecule has 1 aromatic carbocycles. The number of halogens is 1. The van der Waals surface area contributed by atoms with Crippen molar-refractivity contribution in [1.29, 1.82) is 0 Å². The molecule has 0 aliphatic heterocycles. The molecule has 2 atom stereocenters. The Morgan fingerprint density at radius 1 is 1.12 bits per heavy atom. The summed E-state index contributed by atoms with van der Waals surface area (Å²) in [5.74, 6) is 2.34. The zero-order valence-corrected chi connectivity index (χ0v) is 17.9. The fourth-order valence-electron chi connectivity index (χ4n) is 6.81. The van der Waals surface area contributed by atoms with Gasteiger partial charge >= 0.3 is 0 Å². The van der Waals surface area contributed by atoms with Gasteiger partial charge in [-0.05, 0) is 66.8 Å². The molecular formula is C23H33BrO. The average molecular weight is 405 g/mol.